The van der Waals surface area contributed by atoms with E-state index < -0.39 is 0 Å². The Labute approximate surface area is 193 Å². The monoisotopic (exact) mass is 518 g/mol. The van der Waals surface area contributed by atoms with Crippen molar-refractivity contribution in [3.8, 4) is 0 Å². The highest BCUT2D eigenvalue weighted by Gasteiger charge is 2.25. The van der Waals surface area contributed by atoms with E-state index in [-0.39, 0.29) is 24.0 Å². The molecule has 2 atom stereocenters. The van der Waals surface area contributed by atoms with E-state index in [1.807, 2.05) is 0 Å². The van der Waals surface area contributed by atoms with Crippen molar-refractivity contribution >= 4 is 29.9 Å². The molecular formula is C22H39IN4O2. The molecule has 2 rings (SSSR count). The molecule has 0 amide bonds. The van der Waals surface area contributed by atoms with Crippen LogP contribution in [0.3, 0.4) is 0 Å². The van der Waals surface area contributed by atoms with E-state index in [0.29, 0.717) is 25.3 Å². The van der Waals surface area contributed by atoms with Gasteiger partial charge in [-0.15, -0.1) is 24.0 Å². The van der Waals surface area contributed by atoms with Crippen molar-refractivity contribution < 1.29 is 9.47 Å². The lowest BCUT2D eigenvalue weighted by atomic mass is 9.97. The molecule has 1 heterocycles. The minimum atomic E-state index is 0. The molecule has 2 unspecified atom stereocenters. The van der Waals surface area contributed by atoms with Crippen LogP contribution in [0.15, 0.2) is 35.3 Å². The molecule has 166 valence electrons. The minimum absolute atomic E-state index is 0. The van der Waals surface area contributed by atoms with Crippen molar-refractivity contribution in [2.45, 2.75) is 51.7 Å². The van der Waals surface area contributed by atoms with E-state index >= 15 is 0 Å². The van der Waals surface area contributed by atoms with Gasteiger partial charge in [-0.05, 0) is 38.7 Å². The zero-order chi connectivity index (χ0) is 20.0. The smallest absolute Gasteiger partial charge is 0.191 e. The Bertz CT molecular complexity index is 559. The second-order valence-electron chi connectivity index (χ2n) is 7.39. The number of benzene rings is 1. The highest BCUT2D eigenvalue weighted by molar-refractivity contribution is 14.0. The Kier molecular flexibility index (Phi) is 14.3. The van der Waals surface area contributed by atoms with Gasteiger partial charge in [0.15, 0.2) is 5.96 Å². The van der Waals surface area contributed by atoms with E-state index in [9.17, 15) is 0 Å². The molecule has 6 nitrogen and oxygen atoms in total. The summed E-state index contributed by atoms with van der Waals surface area (Å²) in [7, 11) is 1.69. The van der Waals surface area contributed by atoms with Crippen molar-refractivity contribution in [3.05, 3.63) is 35.9 Å². The van der Waals surface area contributed by atoms with Gasteiger partial charge in [0.25, 0.3) is 0 Å². The van der Waals surface area contributed by atoms with Gasteiger partial charge in [0.05, 0.1) is 13.2 Å². The van der Waals surface area contributed by atoms with Gasteiger partial charge in [-0.3, -0.25) is 9.89 Å². The molecule has 0 spiro atoms. The predicted octanol–water partition coefficient (Wildman–Crippen LogP) is 3.27. The van der Waals surface area contributed by atoms with Crippen LogP contribution in [0, 0.1) is 0 Å². The number of hydrogen-bond donors (Lipinski definition) is 2. The van der Waals surface area contributed by atoms with Crippen molar-refractivity contribution in [1.82, 2.24) is 15.5 Å². The summed E-state index contributed by atoms with van der Waals surface area (Å²) in [4.78, 5) is 7.29. The first-order chi connectivity index (χ1) is 13.7. The molecule has 29 heavy (non-hydrogen) atoms. The SMILES string of the molecule is CCNC(=NCCCOCCOC)NC1CCN(Cc2ccccc2)C(C)C1.I. The Morgan fingerprint density at radius 1 is 1.21 bits per heavy atom. The maximum atomic E-state index is 5.50. The molecule has 0 radical (unpaired) electrons. The Morgan fingerprint density at radius 3 is 2.69 bits per heavy atom. The highest BCUT2D eigenvalue weighted by atomic mass is 127. The lowest BCUT2D eigenvalue weighted by molar-refractivity contribution is 0.0702. The van der Waals surface area contributed by atoms with Crippen molar-refractivity contribution in [2.75, 3.05) is 46.6 Å². The molecule has 1 fully saturated rings. The largest absolute Gasteiger partial charge is 0.382 e. The predicted molar refractivity (Wildman–Crippen MR) is 131 cm³/mol. The number of guanidine groups is 1. The van der Waals surface area contributed by atoms with E-state index in [1.54, 1.807) is 7.11 Å². The lowest BCUT2D eigenvalue weighted by Crippen LogP contribution is -2.51. The Hall–Kier alpha value is -0.900. The first kappa shape index (κ1) is 26.1. The van der Waals surface area contributed by atoms with Crippen LogP contribution >= 0.6 is 24.0 Å². The van der Waals surface area contributed by atoms with Crippen molar-refractivity contribution in [3.63, 3.8) is 0 Å². The zero-order valence-electron chi connectivity index (χ0n) is 18.2. The van der Waals surface area contributed by atoms with Gasteiger partial charge >= 0.3 is 0 Å². The number of aliphatic imine (C=N–C) groups is 1. The van der Waals surface area contributed by atoms with Gasteiger partial charge in [0.1, 0.15) is 0 Å². The Balaban J connectivity index is 0.00000420. The number of halogens is 1. The number of likely N-dealkylation sites (tertiary alicyclic amines) is 1. The fourth-order valence-electron chi connectivity index (χ4n) is 3.52. The van der Waals surface area contributed by atoms with Crippen molar-refractivity contribution in [1.29, 1.82) is 0 Å². The average Bonchev–Trinajstić information content (AvgIpc) is 2.70. The summed E-state index contributed by atoms with van der Waals surface area (Å²) >= 11 is 0. The summed E-state index contributed by atoms with van der Waals surface area (Å²) in [5.74, 6) is 0.924. The van der Waals surface area contributed by atoms with Crippen LogP contribution in [0.2, 0.25) is 0 Å². The van der Waals surface area contributed by atoms with Crippen LogP contribution < -0.4 is 10.6 Å². The zero-order valence-corrected chi connectivity index (χ0v) is 20.6. The van der Waals surface area contributed by atoms with Crippen LogP contribution in [-0.4, -0.2) is 69.5 Å². The van der Waals surface area contributed by atoms with E-state index in [1.165, 1.54) is 5.56 Å². The molecule has 0 aliphatic carbocycles. The second kappa shape index (κ2) is 15.9. The average molecular weight is 518 g/mol. The fraction of sp³-hybridized carbons (Fsp3) is 0.682. The quantitative estimate of drug-likeness (QED) is 0.204. The number of methoxy groups -OCH3 is 1. The molecule has 0 saturated carbocycles. The van der Waals surface area contributed by atoms with Crippen LogP contribution in [0.1, 0.15) is 38.7 Å². The molecule has 1 aromatic rings. The number of rotatable bonds is 11. The first-order valence-electron chi connectivity index (χ1n) is 10.6. The minimum Gasteiger partial charge on any atom is -0.382 e. The van der Waals surface area contributed by atoms with Gasteiger partial charge < -0.3 is 20.1 Å². The molecule has 0 aromatic heterocycles. The summed E-state index contributed by atoms with van der Waals surface area (Å²) < 4.78 is 10.5. The Morgan fingerprint density at radius 2 is 2.00 bits per heavy atom. The van der Waals surface area contributed by atoms with Gasteiger partial charge in [-0.1, -0.05) is 30.3 Å². The molecule has 1 aromatic carbocycles. The number of nitrogens with one attached hydrogen (secondary N) is 2. The molecule has 1 saturated heterocycles. The summed E-state index contributed by atoms with van der Waals surface area (Å²) in [6, 6.07) is 11.8. The molecular weight excluding hydrogens is 479 g/mol. The van der Waals surface area contributed by atoms with Crippen LogP contribution in [0.25, 0.3) is 0 Å². The number of piperidine rings is 1. The molecule has 0 bridgehead atoms. The standard InChI is InChI=1S/C22H38N4O2.HI/c1-4-23-22(24-12-8-14-28-16-15-27-3)25-21-11-13-26(19(2)17-21)18-20-9-6-5-7-10-20;/h5-7,9-10,19,21H,4,8,11-18H2,1-3H3,(H2,23,24,25);1H. The third-order valence-electron chi connectivity index (χ3n) is 5.08. The van der Waals surface area contributed by atoms with Crippen LogP contribution in [-0.2, 0) is 16.0 Å². The first-order valence-corrected chi connectivity index (χ1v) is 10.6. The van der Waals surface area contributed by atoms with E-state index in [2.05, 4.69) is 59.7 Å². The third-order valence-corrected chi connectivity index (χ3v) is 5.08. The number of nitrogens with zero attached hydrogens (tertiary/aromatic N) is 2. The highest BCUT2D eigenvalue weighted by Crippen LogP contribution is 2.19. The van der Waals surface area contributed by atoms with Gasteiger partial charge in [0.2, 0.25) is 0 Å². The summed E-state index contributed by atoms with van der Waals surface area (Å²) in [5.41, 5.74) is 1.39. The number of hydrogen-bond acceptors (Lipinski definition) is 4. The lowest BCUT2D eigenvalue weighted by Gasteiger charge is -2.38. The van der Waals surface area contributed by atoms with E-state index in [4.69, 9.17) is 14.5 Å². The van der Waals surface area contributed by atoms with E-state index in [0.717, 1.165) is 58.0 Å². The maximum absolute atomic E-state index is 5.50. The number of ether oxygens (including phenoxy) is 2. The normalized spacial score (nSPS) is 20.2. The van der Waals surface area contributed by atoms with Crippen LogP contribution in [0.5, 0.6) is 0 Å². The maximum Gasteiger partial charge on any atom is 0.191 e. The van der Waals surface area contributed by atoms with Crippen LogP contribution in [0.4, 0.5) is 0 Å². The molecule has 7 heteroatoms. The van der Waals surface area contributed by atoms with Gasteiger partial charge in [-0.25, -0.2) is 0 Å². The molecule has 1 aliphatic heterocycles. The third kappa shape index (κ3) is 10.6. The second-order valence-corrected chi connectivity index (χ2v) is 7.39. The summed E-state index contributed by atoms with van der Waals surface area (Å²) in [6.45, 7) is 10.2. The molecule has 1 aliphatic rings. The van der Waals surface area contributed by atoms with Crippen molar-refractivity contribution in [2.24, 2.45) is 4.99 Å². The topological polar surface area (TPSA) is 58.1 Å². The fourth-order valence-corrected chi connectivity index (χ4v) is 3.52. The van der Waals surface area contributed by atoms with Gasteiger partial charge in [0, 0.05) is 52.0 Å². The summed E-state index contributed by atoms with van der Waals surface area (Å²) in [5, 5.41) is 7.01. The van der Waals surface area contributed by atoms with Gasteiger partial charge in [-0.2, -0.15) is 0 Å². The summed E-state index contributed by atoms with van der Waals surface area (Å²) in [6.07, 6.45) is 3.20. The molecule has 2 N–H and O–H groups in total.